The topological polar surface area (TPSA) is 67.9 Å². The molecule has 3 rings (SSSR count). The highest BCUT2D eigenvalue weighted by atomic mass is 16.5. The summed E-state index contributed by atoms with van der Waals surface area (Å²) in [4.78, 5) is 26.3. The number of hydrogen-bond donors (Lipinski definition) is 1. The summed E-state index contributed by atoms with van der Waals surface area (Å²) in [5.74, 6) is 0.705. The van der Waals surface area contributed by atoms with Gasteiger partial charge in [0.15, 0.2) is 0 Å². The van der Waals surface area contributed by atoms with Crippen LogP contribution in [0.3, 0.4) is 0 Å². The molecule has 1 N–H and O–H groups in total. The van der Waals surface area contributed by atoms with E-state index in [1.165, 1.54) is 4.90 Å². The quantitative estimate of drug-likeness (QED) is 0.848. The molecule has 0 spiro atoms. The van der Waals surface area contributed by atoms with Gasteiger partial charge in [-0.2, -0.15) is 0 Å². The van der Waals surface area contributed by atoms with Gasteiger partial charge in [0.25, 0.3) is 5.91 Å². The second-order valence-corrected chi connectivity index (χ2v) is 5.87. The fourth-order valence-electron chi connectivity index (χ4n) is 2.82. The van der Waals surface area contributed by atoms with Gasteiger partial charge in [-0.15, -0.1) is 0 Å². The molecule has 6 heteroatoms. The van der Waals surface area contributed by atoms with Crippen LogP contribution in [0.25, 0.3) is 0 Å². The third-order valence-corrected chi connectivity index (χ3v) is 4.18. The van der Waals surface area contributed by atoms with Crippen LogP contribution < -0.4 is 19.7 Å². The summed E-state index contributed by atoms with van der Waals surface area (Å²) in [7, 11) is 3.11. The van der Waals surface area contributed by atoms with Gasteiger partial charge in [-0.05, 0) is 31.2 Å². The highest BCUT2D eigenvalue weighted by molar-refractivity contribution is 6.23. The Labute approximate surface area is 146 Å². The fourth-order valence-corrected chi connectivity index (χ4v) is 2.82. The van der Waals surface area contributed by atoms with Crippen LogP contribution in [0.1, 0.15) is 12.0 Å². The zero-order valence-corrected chi connectivity index (χ0v) is 14.4. The van der Waals surface area contributed by atoms with Gasteiger partial charge in [-0.25, -0.2) is 4.90 Å². The third-order valence-electron chi connectivity index (χ3n) is 4.18. The predicted octanol–water partition coefficient (Wildman–Crippen LogP) is 2.76. The fraction of sp³-hybridized carbons (Fsp3) is 0.263. The van der Waals surface area contributed by atoms with E-state index in [0.717, 1.165) is 5.56 Å². The molecule has 1 atom stereocenters. The van der Waals surface area contributed by atoms with Crippen LogP contribution in [0.2, 0.25) is 0 Å². The van der Waals surface area contributed by atoms with Crippen LogP contribution in [-0.2, 0) is 9.59 Å². The van der Waals surface area contributed by atoms with E-state index >= 15 is 0 Å². The van der Waals surface area contributed by atoms with Crippen molar-refractivity contribution in [2.45, 2.75) is 19.4 Å². The van der Waals surface area contributed by atoms with Crippen molar-refractivity contribution in [3.63, 3.8) is 0 Å². The molecule has 0 bridgehead atoms. The Balaban J connectivity index is 1.82. The zero-order valence-electron chi connectivity index (χ0n) is 14.4. The van der Waals surface area contributed by atoms with Gasteiger partial charge in [0, 0.05) is 6.07 Å². The Morgan fingerprint density at radius 1 is 1.04 bits per heavy atom. The Hall–Kier alpha value is -3.02. The van der Waals surface area contributed by atoms with Gasteiger partial charge in [0.2, 0.25) is 5.91 Å². The van der Waals surface area contributed by atoms with Crippen molar-refractivity contribution in [2.24, 2.45) is 0 Å². The average molecular weight is 340 g/mol. The molecular weight excluding hydrogens is 320 g/mol. The number of aryl methyl sites for hydroxylation is 1. The molecule has 0 aromatic heterocycles. The number of anilines is 2. The van der Waals surface area contributed by atoms with Crippen LogP contribution in [0.5, 0.6) is 11.5 Å². The Morgan fingerprint density at radius 3 is 2.40 bits per heavy atom. The molecule has 130 valence electrons. The molecule has 0 saturated carbocycles. The molecule has 2 aromatic rings. The first-order chi connectivity index (χ1) is 12.0. The molecule has 1 aliphatic heterocycles. The number of nitrogens with zero attached hydrogens (tertiary/aromatic N) is 1. The normalized spacial score (nSPS) is 16.9. The van der Waals surface area contributed by atoms with E-state index in [9.17, 15) is 9.59 Å². The Bertz CT molecular complexity index is 802. The lowest BCUT2D eigenvalue weighted by Crippen LogP contribution is -2.34. The second-order valence-electron chi connectivity index (χ2n) is 5.87. The smallest absolute Gasteiger partial charge is 0.256 e. The maximum atomic E-state index is 12.7. The molecule has 6 nitrogen and oxygen atoms in total. The summed E-state index contributed by atoms with van der Waals surface area (Å²) in [6.07, 6.45) is 0.0991. The van der Waals surface area contributed by atoms with Crippen molar-refractivity contribution >= 4 is 23.2 Å². The molecular formula is C19H20N2O4. The van der Waals surface area contributed by atoms with Gasteiger partial charge in [-0.3, -0.25) is 9.59 Å². The zero-order chi connectivity index (χ0) is 18.0. The number of carbonyl (C=O) groups excluding carboxylic acids is 2. The van der Waals surface area contributed by atoms with Crippen molar-refractivity contribution in [3.05, 3.63) is 48.0 Å². The van der Waals surface area contributed by atoms with E-state index in [2.05, 4.69) is 5.32 Å². The SMILES string of the molecule is COc1ccc(N[C@H]2CC(=O)N(c3ccc(C)cc3)C2=O)c(OC)c1. The predicted molar refractivity (Wildman–Crippen MR) is 95.2 cm³/mol. The van der Waals surface area contributed by atoms with Gasteiger partial charge >= 0.3 is 0 Å². The first-order valence-corrected chi connectivity index (χ1v) is 7.95. The molecule has 0 unspecified atom stereocenters. The Kier molecular flexibility index (Phi) is 4.61. The van der Waals surface area contributed by atoms with E-state index in [1.54, 1.807) is 44.6 Å². The second kappa shape index (κ2) is 6.84. The van der Waals surface area contributed by atoms with E-state index in [4.69, 9.17) is 9.47 Å². The summed E-state index contributed by atoms with van der Waals surface area (Å²) >= 11 is 0. The number of nitrogens with one attached hydrogen (secondary N) is 1. The Morgan fingerprint density at radius 2 is 1.76 bits per heavy atom. The number of carbonyl (C=O) groups is 2. The largest absolute Gasteiger partial charge is 0.497 e. The lowest BCUT2D eigenvalue weighted by Gasteiger charge is -2.18. The molecule has 2 aromatic carbocycles. The minimum absolute atomic E-state index is 0.0991. The van der Waals surface area contributed by atoms with Crippen molar-refractivity contribution in [1.82, 2.24) is 0 Å². The van der Waals surface area contributed by atoms with Gasteiger partial charge in [0.05, 0.1) is 32.0 Å². The van der Waals surface area contributed by atoms with Crippen molar-refractivity contribution in [1.29, 1.82) is 0 Å². The van der Waals surface area contributed by atoms with Crippen molar-refractivity contribution in [3.8, 4) is 11.5 Å². The van der Waals surface area contributed by atoms with Gasteiger partial charge in [0.1, 0.15) is 17.5 Å². The summed E-state index contributed by atoms with van der Waals surface area (Å²) in [6.45, 7) is 1.96. The summed E-state index contributed by atoms with van der Waals surface area (Å²) in [5, 5.41) is 3.11. The third kappa shape index (κ3) is 3.28. The first-order valence-electron chi connectivity index (χ1n) is 7.95. The highest BCUT2D eigenvalue weighted by Crippen LogP contribution is 2.32. The summed E-state index contributed by atoms with van der Waals surface area (Å²) in [5.41, 5.74) is 2.30. The number of amides is 2. The van der Waals surface area contributed by atoms with Crippen molar-refractivity contribution in [2.75, 3.05) is 24.4 Å². The molecule has 0 radical (unpaired) electrons. The van der Waals surface area contributed by atoms with Gasteiger partial charge < -0.3 is 14.8 Å². The lowest BCUT2D eigenvalue weighted by molar-refractivity contribution is -0.121. The van der Waals surface area contributed by atoms with Crippen LogP contribution in [-0.4, -0.2) is 32.1 Å². The minimum Gasteiger partial charge on any atom is -0.497 e. The lowest BCUT2D eigenvalue weighted by atomic mass is 10.2. The van der Waals surface area contributed by atoms with Crippen LogP contribution in [0.4, 0.5) is 11.4 Å². The average Bonchev–Trinajstić information content (AvgIpc) is 2.90. The molecule has 1 saturated heterocycles. The molecule has 1 aliphatic rings. The molecule has 0 aliphatic carbocycles. The molecule has 1 fully saturated rings. The number of ether oxygens (including phenoxy) is 2. The maximum Gasteiger partial charge on any atom is 0.256 e. The summed E-state index contributed by atoms with van der Waals surface area (Å²) in [6, 6.07) is 11.9. The molecule has 1 heterocycles. The number of benzene rings is 2. The number of imide groups is 1. The standard InChI is InChI=1S/C19H20N2O4/c1-12-4-6-13(7-5-12)21-18(22)11-16(19(21)23)20-15-9-8-14(24-2)10-17(15)25-3/h4-10,16,20H,11H2,1-3H3/t16-/m0/s1. The number of rotatable bonds is 5. The summed E-state index contributed by atoms with van der Waals surface area (Å²) < 4.78 is 10.5. The van der Waals surface area contributed by atoms with Crippen LogP contribution in [0, 0.1) is 6.92 Å². The van der Waals surface area contributed by atoms with Crippen LogP contribution >= 0.6 is 0 Å². The van der Waals surface area contributed by atoms with Crippen LogP contribution in [0.15, 0.2) is 42.5 Å². The molecule has 25 heavy (non-hydrogen) atoms. The molecule has 2 amide bonds. The highest BCUT2D eigenvalue weighted by Gasteiger charge is 2.39. The van der Waals surface area contributed by atoms with E-state index in [0.29, 0.717) is 22.9 Å². The number of hydrogen-bond acceptors (Lipinski definition) is 5. The number of methoxy groups -OCH3 is 2. The van der Waals surface area contributed by atoms with Crippen molar-refractivity contribution < 1.29 is 19.1 Å². The maximum absolute atomic E-state index is 12.7. The monoisotopic (exact) mass is 340 g/mol. The van der Waals surface area contributed by atoms with E-state index < -0.39 is 6.04 Å². The minimum atomic E-state index is -0.629. The first kappa shape index (κ1) is 16.8. The van der Waals surface area contributed by atoms with Gasteiger partial charge in [-0.1, -0.05) is 17.7 Å². The van der Waals surface area contributed by atoms with E-state index in [-0.39, 0.29) is 18.2 Å². The van der Waals surface area contributed by atoms with E-state index in [1.807, 2.05) is 19.1 Å².